The standard InChI is InChI=1S/C25H20N2O2/c28-25(21-12-5-2-6-13-21)27-26-17-23-22-14-8-7-11-20(22)15-16-24(23)29-18-19-9-3-1-4-10-19/h1-17H,18H2,(H,27,28)/b26-17-. The summed E-state index contributed by atoms with van der Waals surface area (Å²) < 4.78 is 6.07. The summed E-state index contributed by atoms with van der Waals surface area (Å²) in [6.07, 6.45) is 1.64. The van der Waals surface area contributed by atoms with Crippen molar-refractivity contribution < 1.29 is 9.53 Å². The number of benzene rings is 4. The van der Waals surface area contributed by atoms with Gasteiger partial charge in [-0.05, 0) is 34.5 Å². The van der Waals surface area contributed by atoms with Crippen molar-refractivity contribution in [2.75, 3.05) is 0 Å². The third kappa shape index (κ3) is 4.50. The molecule has 4 aromatic carbocycles. The number of rotatable bonds is 6. The fourth-order valence-electron chi connectivity index (χ4n) is 3.08. The normalized spacial score (nSPS) is 10.9. The minimum atomic E-state index is -0.256. The first-order valence-corrected chi connectivity index (χ1v) is 9.38. The van der Waals surface area contributed by atoms with Crippen molar-refractivity contribution in [2.24, 2.45) is 5.10 Å². The minimum absolute atomic E-state index is 0.256. The van der Waals surface area contributed by atoms with E-state index in [-0.39, 0.29) is 5.91 Å². The predicted molar refractivity (Wildman–Crippen MR) is 116 cm³/mol. The summed E-state index contributed by atoms with van der Waals surface area (Å²) in [6, 6.07) is 31.0. The molecule has 142 valence electrons. The van der Waals surface area contributed by atoms with Gasteiger partial charge in [-0.1, -0.05) is 78.9 Å². The molecule has 1 N–H and O–H groups in total. The van der Waals surface area contributed by atoms with Gasteiger partial charge in [-0.3, -0.25) is 4.79 Å². The largest absolute Gasteiger partial charge is 0.488 e. The molecule has 0 aliphatic heterocycles. The molecule has 0 heterocycles. The van der Waals surface area contributed by atoms with Crippen molar-refractivity contribution in [1.29, 1.82) is 0 Å². The molecular weight excluding hydrogens is 360 g/mol. The fraction of sp³-hybridized carbons (Fsp3) is 0.0400. The Hall–Kier alpha value is -3.92. The lowest BCUT2D eigenvalue weighted by atomic mass is 10.0. The minimum Gasteiger partial charge on any atom is -0.488 e. The summed E-state index contributed by atoms with van der Waals surface area (Å²) in [5, 5.41) is 6.27. The van der Waals surface area contributed by atoms with E-state index in [4.69, 9.17) is 4.74 Å². The van der Waals surface area contributed by atoms with Crippen molar-refractivity contribution in [3.63, 3.8) is 0 Å². The van der Waals surface area contributed by atoms with Crippen LogP contribution in [0.1, 0.15) is 21.5 Å². The molecule has 0 aromatic heterocycles. The van der Waals surface area contributed by atoms with Gasteiger partial charge in [-0.15, -0.1) is 0 Å². The monoisotopic (exact) mass is 380 g/mol. The molecule has 0 spiro atoms. The highest BCUT2D eigenvalue weighted by molar-refractivity contribution is 6.03. The molecule has 29 heavy (non-hydrogen) atoms. The second kappa shape index (κ2) is 8.85. The van der Waals surface area contributed by atoms with Crippen LogP contribution in [0.3, 0.4) is 0 Å². The lowest BCUT2D eigenvalue weighted by Gasteiger charge is -2.12. The number of hydrazone groups is 1. The Morgan fingerprint density at radius 1 is 0.828 bits per heavy atom. The molecule has 0 atom stereocenters. The van der Waals surface area contributed by atoms with E-state index in [0.717, 1.165) is 21.9 Å². The van der Waals surface area contributed by atoms with Gasteiger partial charge < -0.3 is 4.74 Å². The van der Waals surface area contributed by atoms with Crippen LogP contribution in [0.5, 0.6) is 5.75 Å². The van der Waals surface area contributed by atoms with Crippen molar-refractivity contribution >= 4 is 22.9 Å². The van der Waals surface area contributed by atoms with E-state index < -0.39 is 0 Å². The SMILES string of the molecule is O=C(N/N=C\c1c(OCc2ccccc2)ccc2ccccc12)c1ccccc1. The van der Waals surface area contributed by atoms with Gasteiger partial charge in [0.05, 0.1) is 6.21 Å². The van der Waals surface area contributed by atoms with E-state index in [1.165, 1.54) is 0 Å². The summed E-state index contributed by atoms with van der Waals surface area (Å²) in [5.41, 5.74) is 5.06. The highest BCUT2D eigenvalue weighted by atomic mass is 16.5. The Balaban J connectivity index is 1.59. The van der Waals surface area contributed by atoms with Crippen LogP contribution in [0, 0.1) is 0 Å². The maximum absolute atomic E-state index is 12.2. The van der Waals surface area contributed by atoms with Gasteiger partial charge in [0.1, 0.15) is 12.4 Å². The molecular formula is C25H20N2O2. The summed E-state index contributed by atoms with van der Waals surface area (Å²) in [5.74, 6) is 0.458. The van der Waals surface area contributed by atoms with Gasteiger partial charge in [-0.25, -0.2) is 5.43 Å². The van der Waals surface area contributed by atoms with Crippen LogP contribution in [0.2, 0.25) is 0 Å². The van der Waals surface area contributed by atoms with Gasteiger partial charge >= 0.3 is 0 Å². The molecule has 4 rings (SSSR count). The first-order valence-electron chi connectivity index (χ1n) is 9.38. The van der Waals surface area contributed by atoms with Gasteiger partial charge in [0.2, 0.25) is 0 Å². The van der Waals surface area contributed by atoms with Gasteiger partial charge in [0, 0.05) is 11.1 Å². The third-order valence-corrected chi connectivity index (χ3v) is 4.56. The zero-order valence-electron chi connectivity index (χ0n) is 15.8. The average Bonchev–Trinajstić information content (AvgIpc) is 2.79. The Labute approximate surface area is 169 Å². The van der Waals surface area contributed by atoms with E-state index in [2.05, 4.69) is 10.5 Å². The molecule has 0 saturated carbocycles. The average molecular weight is 380 g/mol. The summed E-state index contributed by atoms with van der Waals surface area (Å²) in [6.45, 7) is 0.455. The summed E-state index contributed by atoms with van der Waals surface area (Å²) >= 11 is 0. The Morgan fingerprint density at radius 2 is 1.52 bits per heavy atom. The quantitative estimate of drug-likeness (QED) is 0.370. The molecule has 0 radical (unpaired) electrons. The van der Waals surface area contributed by atoms with Crippen molar-refractivity contribution in [2.45, 2.75) is 6.61 Å². The number of fused-ring (bicyclic) bond motifs is 1. The number of nitrogens with one attached hydrogen (secondary N) is 1. The fourth-order valence-corrected chi connectivity index (χ4v) is 3.08. The molecule has 0 saturated heterocycles. The lowest BCUT2D eigenvalue weighted by Crippen LogP contribution is -2.17. The maximum atomic E-state index is 12.2. The molecule has 0 bridgehead atoms. The molecule has 4 nitrogen and oxygen atoms in total. The number of nitrogens with zero attached hydrogens (tertiary/aromatic N) is 1. The molecule has 4 heteroatoms. The van der Waals surface area contributed by atoms with E-state index in [0.29, 0.717) is 17.9 Å². The number of hydrogen-bond acceptors (Lipinski definition) is 3. The second-order valence-electron chi connectivity index (χ2n) is 6.54. The second-order valence-corrected chi connectivity index (χ2v) is 6.54. The number of ether oxygens (including phenoxy) is 1. The van der Waals surface area contributed by atoms with Crippen LogP contribution in [0.4, 0.5) is 0 Å². The van der Waals surface area contributed by atoms with E-state index in [1.54, 1.807) is 18.3 Å². The molecule has 4 aromatic rings. The van der Waals surface area contributed by atoms with Gasteiger partial charge in [0.15, 0.2) is 0 Å². The maximum Gasteiger partial charge on any atom is 0.271 e. The topological polar surface area (TPSA) is 50.7 Å². The number of carbonyl (C=O) groups is 1. The molecule has 1 amide bonds. The van der Waals surface area contributed by atoms with Gasteiger partial charge in [-0.2, -0.15) is 5.10 Å². The summed E-state index contributed by atoms with van der Waals surface area (Å²) in [4.78, 5) is 12.2. The lowest BCUT2D eigenvalue weighted by molar-refractivity contribution is 0.0955. The van der Waals surface area contributed by atoms with Crippen LogP contribution in [0.15, 0.2) is 102 Å². The third-order valence-electron chi connectivity index (χ3n) is 4.56. The van der Waals surface area contributed by atoms with Crippen LogP contribution >= 0.6 is 0 Å². The first-order chi connectivity index (χ1) is 14.3. The van der Waals surface area contributed by atoms with Crippen LogP contribution < -0.4 is 10.2 Å². The summed E-state index contributed by atoms with van der Waals surface area (Å²) in [7, 11) is 0. The van der Waals surface area contributed by atoms with Crippen LogP contribution in [-0.2, 0) is 6.61 Å². The van der Waals surface area contributed by atoms with Crippen molar-refractivity contribution in [3.8, 4) is 5.75 Å². The van der Waals surface area contributed by atoms with E-state index in [9.17, 15) is 4.79 Å². The number of hydrogen-bond donors (Lipinski definition) is 1. The molecule has 0 aliphatic carbocycles. The highest BCUT2D eigenvalue weighted by Gasteiger charge is 2.08. The first kappa shape index (κ1) is 18.4. The molecule has 0 aliphatic rings. The number of carbonyl (C=O) groups excluding carboxylic acids is 1. The van der Waals surface area contributed by atoms with Crippen LogP contribution in [-0.4, -0.2) is 12.1 Å². The van der Waals surface area contributed by atoms with E-state index >= 15 is 0 Å². The van der Waals surface area contributed by atoms with E-state index in [1.807, 2.05) is 84.9 Å². The highest BCUT2D eigenvalue weighted by Crippen LogP contribution is 2.27. The van der Waals surface area contributed by atoms with Crippen molar-refractivity contribution in [3.05, 3.63) is 114 Å². The molecule has 0 unspecified atom stereocenters. The zero-order chi connectivity index (χ0) is 19.9. The molecule has 0 fully saturated rings. The zero-order valence-corrected chi connectivity index (χ0v) is 15.8. The van der Waals surface area contributed by atoms with Crippen molar-refractivity contribution in [1.82, 2.24) is 5.43 Å². The Bertz CT molecular complexity index is 1140. The Kier molecular flexibility index (Phi) is 5.63. The van der Waals surface area contributed by atoms with Crippen LogP contribution in [0.25, 0.3) is 10.8 Å². The number of amides is 1. The van der Waals surface area contributed by atoms with Gasteiger partial charge in [0.25, 0.3) is 5.91 Å². The predicted octanol–water partition coefficient (Wildman–Crippen LogP) is 5.18. The smallest absolute Gasteiger partial charge is 0.271 e. The Morgan fingerprint density at radius 3 is 2.31 bits per heavy atom.